The lowest BCUT2D eigenvalue weighted by atomic mass is 9.90. The Kier molecular flexibility index (Phi) is 5.92. The number of halogens is 3. The number of carbonyl (C=O) groups is 2. The number of nitrogens with one attached hydrogen (secondary N) is 2. The third kappa shape index (κ3) is 4.73. The Hall–Kier alpha value is -2.09. The summed E-state index contributed by atoms with van der Waals surface area (Å²) in [6.45, 7) is 3.59. The fraction of sp³-hybridized carbons (Fsp3) is 0.429. The van der Waals surface area contributed by atoms with E-state index >= 15 is 0 Å². The first-order chi connectivity index (χ1) is 10.2. The number of amides is 2. The second-order valence-corrected chi connectivity index (χ2v) is 5.50. The van der Waals surface area contributed by atoms with Crippen molar-refractivity contribution >= 4 is 17.5 Å². The molecule has 2 amide bonds. The third-order valence-corrected chi connectivity index (χ3v) is 3.01. The van der Waals surface area contributed by atoms with Gasteiger partial charge in [-0.2, -0.15) is 0 Å². The summed E-state index contributed by atoms with van der Waals surface area (Å²) in [6.07, 6.45) is 0.409. The van der Waals surface area contributed by atoms with Crippen molar-refractivity contribution in [3.63, 3.8) is 0 Å². The molecule has 0 saturated heterocycles. The van der Waals surface area contributed by atoms with Crippen molar-refractivity contribution in [3.05, 3.63) is 29.6 Å². The lowest BCUT2D eigenvalue weighted by Gasteiger charge is -2.23. The van der Waals surface area contributed by atoms with Crippen LogP contribution in [0.5, 0.6) is 0 Å². The maximum atomic E-state index is 13.4. The van der Waals surface area contributed by atoms with Crippen LogP contribution >= 0.6 is 0 Å². The van der Waals surface area contributed by atoms with Gasteiger partial charge in [0, 0.05) is 13.2 Å². The minimum atomic E-state index is -1.73. The van der Waals surface area contributed by atoms with Crippen molar-refractivity contribution in [1.29, 1.82) is 0 Å². The number of hydrogen-bond donors (Lipinski definition) is 3. The van der Waals surface area contributed by atoms with E-state index in [-0.39, 0.29) is 13.2 Å². The number of carbonyl (C=O) groups excluding carboxylic acids is 2. The van der Waals surface area contributed by atoms with Crippen LogP contribution in [-0.4, -0.2) is 30.1 Å². The normalized spacial score (nSPS) is 11.2. The predicted molar refractivity (Wildman–Crippen MR) is 73.4 cm³/mol. The van der Waals surface area contributed by atoms with E-state index in [4.69, 9.17) is 5.11 Å². The first-order valence-corrected chi connectivity index (χ1v) is 6.51. The van der Waals surface area contributed by atoms with Gasteiger partial charge in [0.2, 0.25) is 0 Å². The average Bonchev–Trinajstić information content (AvgIpc) is 2.45. The van der Waals surface area contributed by atoms with Crippen LogP contribution in [0.2, 0.25) is 0 Å². The molecule has 5 nitrogen and oxygen atoms in total. The second kappa shape index (κ2) is 7.26. The second-order valence-electron chi connectivity index (χ2n) is 5.50. The van der Waals surface area contributed by atoms with E-state index in [9.17, 15) is 22.8 Å². The molecule has 0 fully saturated rings. The maximum Gasteiger partial charge on any atom is 0.313 e. The molecule has 0 aliphatic rings. The quantitative estimate of drug-likeness (QED) is 0.569. The molecular weight excluding hydrogens is 301 g/mol. The van der Waals surface area contributed by atoms with Gasteiger partial charge >= 0.3 is 11.8 Å². The number of hydrogen-bond acceptors (Lipinski definition) is 3. The maximum absolute atomic E-state index is 13.4. The van der Waals surface area contributed by atoms with Crippen LogP contribution in [0.4, 0.5) is 18.9 Å². The fourth-order valence-electron chi connectivity index (χ4n) is 1.59. The molecule has 0 saturated carbocycles. The van der Waals surface area contributed by atoms with E-state index in [2.05, 4.69) is 5.32 Å². The summed E-state index contributed by atoms with van der Waals surface area (Å²) in [7, 11) is 0. The molecule has 0 bridgehead atoms. The summed E-state index contributed by atoms with van der Waals surface area (Å²) >= 11 is 0. The first-order valence-electron chi connectivity index (χ1n) is 6.51. The van der Waals surface area contributed by atoms with Crippen LogP contribution in [0, 0.1) is 22.9 Å². The Morgan fingerprint density at radius 1 is 1.14 bits per heavy atom. The number of aliphatic hydroxyl groups excluding tert-OH is 1. The number of rotatable bonds is 5. The molecule has 1 aromatic carbocycles. The SMILES string of the molecule is CC(C)(CCO)CNC(=O)C(=O)Nc1ccc(F)c(F)c1F. The highest BCUT2D eigenvalue weighted by Crippen LogP contribution is 2.20. The molecule has 0 heterocycles. The zero-order valence-electron chi connectivity index (χ0n) is 12.2. The molecule has 8 heteroatoms. The van der Waals surface area contributed by atoms with E-state index < -0.39 is 40.4 Å². The van der Waals surface area contributed by atoms with Crippen molar-refractivity contribution in [1.82, 2.24) is 5.32 Å². The Bertz CT molecular complexity index is 577. The average molecular weight is 318 g/mol. The molecule has 0 aliphatic heterocycles. The summed E-state index contributed by atoms with van der Waals surface area (Å²) in [5.41, 5.74) is -1.06. The molecule has 0 aliphatic carbocycles. The first kappa shape index (κ1) is 18.0. The topological polar surface area (TPSA) is 78.4 Å². The van der Waals surface area contributed by atoms with Gasteiger partial charge in [-0.15, -0.1) is 0 Å². The van der Waals surface area contributed by atoms with Crippen molar-refractivity contribution in [2.24, 2.45) is 5.41 Å². The van der Waals surface area contributed by atoms with Crippen LogP contribution in [0.15, 0.2) is 12.1 Å². The summed E-state index contributed by atoms with van der Waals surface area (Å²) in [6, 6.07) is 1.45. The standard InChI is InChI=1S/C14H17F3N2O3/c1-14(2,5-6-20)7-18-12(21)13(22)19-9-4-3-8(15)10(16)11(9)17/h3-4,20H,5-7H2,1-2H3,(H,18,21)(H,19,22). The van der Waals surface area contributed by atoms with Crippen LogP contribution < -0.4 is 10.6 Å². The summed E-state index contributed by atoms with van der Waals surface area (Å²) in [5, 5.41) is 13.0. The molecule has 0 radical (unpaired) electrons. The molecular formula is C14H17F3N2O3. The van der Waals surface area contributed by atoms with Gasteiger partial charge in [0.05, 0.1) is 5.69 Å². The van der Waals surface area contributed by atoms with Gasteiger partial charge in [0.25, 0.3) is 0 Å². The van der Waals surface area contributed by atoms with Gasteiger partial charge in [-0.3, -0.25) is 9.59 Å². The lowest BCUT2D eigenvalue weighted by molar-refractivity contribution is -0.136. The number of aliphatic hydroxyl groups is 1. The minimum Gasteiger partial charge on any atom is -0.396 e. The largest absolute Gasteiger partial charge is 0.396 e. The van der Waals surface area contributed by atoms with E-state index in [0.717, 1.165) is 6.07 Å². The number of benzene rings is 1. The highest BCUT2D eigenvalue weighted by molar-refractivity contribution is 6.39. The van der Waals surface area contributed by atoms with Crippen molar-refractivity contribution in [2.45, 2.75) is 20.3 Å². The van der Waals surface area contributed by atoms with Gasteiger partial charge in [-0.05, 0) is 24.0 Å². The zero-order chi connectivity index (χ0) is 16.9. The predicted octanol–water partition coefficient (Wildman–Crippen LogP) is 1.57. The van der Waals surface area contributed by atoms with Crippen LogP contribution in [-0.2, 0) is 9.59 Å². The highest BCUT2D eigenvalue weighted by atomic mass is 19.2. The van der Waals surface area contributed by atoms with Gasteiger partial charge in [-0.25, -0.2) is 13.2 Å². The van der Waals surface area contributed by atoms with E-state index in [1.165, 1.54) is 0 Å². The molecule has 122 valence electrons. The van der Waals surface area contributed by atoms with Gasteiger partial charge in [-0.1, -0.05) is 13.8 Å². The summed E-state index contributed by atoms with van der Waals surface area (Å²) in [4.78, 5) is 23.2. The Balaban J connectivity index is 2.66. The van der Waals surface area contributed by atoms with Gasteiger partial charge in [0.15, 0.2) is 17.5 Å². The van der Waals surface area contributed by atoms with Crippen molar-refractivity contribution in [2.75, 3.05) is 18.5 Å². The third-order valence-electron chi connectivity index (χ3n) is 3.01. The molecule has 0 aromatic heterocycles. The lowest BCUT2D eigenvalue weighted by Crippen LogP contribution is -2.40. The summed E-state index contributed by atoms with van der Waals surface area (Å²) in [5.74, 6) is -6.96. The van der Waals surface area contributed by atoms with E-state index in [1.807, 2.05) is 5.32 Å². The van der Waals surface area contributed by atoms with Crippen molar-refractivity contribution < 1.29 is 27.9 Å². The van der Waals surface area contributed by atoms with Crippen molar-refractivity contribution in [3.8, 4) is 0 Å². The number of anilines is 1. The Labute approximate surface area is 125 Å². The summed E-state index contributed by atoms with van der Waals surface area (Å²) < 4.78 is 39.1. The molecule has 1 rings (SSSR count). The zero-order valence-corrected chi connectivity index (χ0v) is 12.2. The Morgan fingerprint density at radius 3 is 2.36 bits per heavy atom. The van der Waals surface area contributed by atoms with Crippen LogP contribution in [0.25, 0.3) is 0 Å². The smallest absolute Gasteiger partial charge is 0.313 e. The van der Waals surface area contributed by atoms with Gasteiger partial charge < -0.3 is 15.7 Å². The monoisotopic (exact) mass is 318 g/mol. The molecule has 22 heavy (non-hydrogen) atoms. The van der Waals surface area contributed by atoms with E-state index in [1.54, 1.807) is 13.8 Å². The Morgan fingerprint density at radius 2 is 1.77 bits per heavy atom. The molecule has 1 aromatic rings. The highest BCUT2D eigenvalue weighted by Gasteiger charge is 2.22. The van der Waals surface area contributed by atoms with Gasteiger partial charge in [0.1, 0.15) is 0 Å². The van der Waals surface area contributed by atoms with Crippen LogP contribution in [0.1, 0.15) is 20.3 Å². The van der Waals surface area contributed by atoms with E-state index in [0.29, 0.717) is 12.5 Å². The molecule has 0 atom stereocenters. The minimum absolute atomic E-state index is 0.0743. The van der Waals surface area contributed by atoms with Crippen LogP contribution in [0.3, 0.4) is 0 Å². The fourth-order valence-corrected chi connectivity index (χ4v) is 1.59. The molecule has 0 spiro atoms. The molecule has 3 N–H and O–H groups in total. The molecule has 0 unspecified atom stereocenters.